The molecule has 0 N–H and O–H groups in total. The largest absolute Gasteiger partial charge is 2.00 e. The van der Waals surface area contributed by atoms with Crippen LogP contribution in [0.2, 0.25) is 0 Å². The van der Waals surface area contributed by atoms with Crippen LogP contribution in [0.15, 0.2) is 187 Å². The Labute approximate surface area is 464 Å². The molecular formula is C70H58N4O2Pt. The van der Waals surface area contributed by atoms with Crippen LogP contribution >= 0.6 is 0 Å². The van der Waals surface area contributed by atoms with Crippen LogP contribution in [-0.2, 0) is 21.1 Å². The Hall–Kier alpha value is -8.05. The molecule has 13 aromatic rings. The maximum absolute atomic E-state index is 6.83. The molecule has 4 aromatic heterocycles. The Bertz CT molecular complexity index is 4330. The summed E-state index contributed by atoms with van der Waals surface area (Å²) in [6.45, 7) is 18.4. The van der Waals surface area contributed by atoms with Gasteiger partial charge in [-0.05, 0) is 127 Å². The van der Waals surface area contributed by atoms with E-state index in [9.17, 15) is 0 Å². The van der Waals surface area contributed by atoms with Gasteiger partial charge < -0.3 is 18.1 Å². The van der Waals surface area contributed by atoms with E-state index in [4.69, 9.17) is 19.1 Å². The fraction of sp³-hybridized carbons (Fsp3) is 0.171. The minimum absolute atomic E-state index is 0. The van der Waals surface area contributed by atoms with Crippen molar-refractivity contribution >= 4 is 60.4 Å². The van der Waals surface area contributed by atoms with Crippen molar-refractivity contribution in [3.8, 4) is 62.0 Å². The molecule has 0 bridgehead atoms. The molecular weight excluding hydrogens is 1120 g/mol. The summed E-state index contributed by atoms with van der Waals surface area (Å²) in [5.74, 6) is 3.01. The zero-order valence-corrected chi connectivity index (χ0v) is 46.8. The molecule has 13 rings (SSSR count). The molecule has 0 aliphatic heterocycles. The van der Waals surface area contributed by atoms with Gasteiger partial charge in [-0.25, -0.2) is 0 Å². The van der Waals surface area contributed by atoms with E-state index in [1.807, 2.05) is 24.3 Å². The van der Waals surface area contributed by atoms with Crippen molar-refractivity contribution < 1.29 is 30.2 Å². The number of aromatic nitrogens is 4. The number of pyridine rings is 1. The summed E-state index contributed by atoms with van der Waals surface area (Å²) in [6.07, 6.45) is 1.75. The van der Waals surface area contributed by atoms with Gasteiger partial charge in [-0.1, -0.05) is 181 Å². The van der Waals surface area contributed by atoms with Crippen molar-refractivity contribution in [1.82, 2.24) is 18.9 Å². The number of imidazole rings is 2. The Morgan fingerprint density at radius 2 is 1.08 bits per heavy atom. The first-order chi connectivity index (χ1) is 37.0. The Kier molecular flexibility index (Phi) is 12.8. The Balaban J connectivity index is 0.00000596. The molecule has 0 saturated carbocycles. The monoisotopic (exact) mass is 1180 g/mol. The third kappa shape index (κ3) is 8.64. The van der Waals surface area contributed by atoms with Crippen LogP contribution in [-0.4, -0.2) is 18.9 Å². The summed E-state index contributed by atoms with van der Waals surface area (Å²) in [5.41, 5.74) is 21.0. The van der Waals surface area contributed by atoms with E-state index in [-0.39, 0.29) is 32.9 Å². The average Bonchev–Trinajstić information content (AvgIpc) is 4.19. The summed E-state index contributed by atoms with van der Waals surface area (Å²) in [6, 6.07) is 70.3. The summed E-state index contributed by atoms with van der Waals surface area (Å²) in [5, 5.41) is 4.01. The standard InChI is InChI=1S/C70H58N4O2.Pt/c1-41(2)56-33-50(45-18-11-9-12-19-45)34-57(42(3)4)67(56)48-26-28-55-54-29-27-53(39-60(54)70-72-62-37-47-30-31-75-66(47)40-65(62)73(70)64(55)38-48)76-52-23-17-22-49(32-52)69-71-61-24-15-16-25-63(61)74(69)68-58(43(5)6)35-51(36-59(68)44(7)8)46-20-13-10-14-21-46;/h9-31,33-38,40-44H,1-8H3;/q-2;+2. The van der Waals surface area contributed by atoms with Crippen molar-refractivity contribution in [2.45, 2.75) is 79.1 Å². The fourth-order valence-corrected chi connectivity index (χ4v) is 11.5. The van der Waals surface area contributed by atoms with Crippen molar-refractivity contribution in [2.24, 2.45) is 0 Å². The van der Waals surface area contributed by atoms with Crippen molar-refractivity contribution in [3.63, 3.8) is 0 Å². The molecule has 9 aromatic carbocycles. The van der Waals surface area contributed by atoms with Gasteiger partial charge in [0, 0.05) is 34.2 Å². The van der Waals surface area contributed by atoms with Crippen LogP contribution in [0, 0.1) is 12.1 Å². The molecule has 4 heterocycles. The number of rotatable bonds is 11. The SMILES string of the molecule is CC(C)c1cc(-c2ccccc2)cc(C(C)C)c1-c1ccc2c3ccc(Oc4[c-]c(-c5nc6ccccc6n5-c5c(C(C)C)cc(-c6ccccc6)cc5C(C)C)ccc4)[c-]c3c3nc4cc5ccoc5cc4n3c2c1.[Pt+2]. The Morgan fingerprint density at radius 1 is 0.468 bits per heavy atom. The number of benzene rings is 9. The number of nitrogens with zero attached hydrogens (tertiary/aromatic N) is 4. The molecule has 0 amide bonds. The van der Waals surface area contributed by atoms with Crippen LogP contribution in [0.25, 0.3) is 111 Å². The van der Waals surface area contributed by atoms with E-state index in [0.717, 1.165) is 71.7 Å². The van der Waals surface area contributed by atoms with E-state index >= 15 is 0 Å². The predicted octanol–water partition coefficient (Wildman–Crippen LogP) is 19.4. The molecule has 7 heteroatoms. The molecule has 0 saturated heterocycles. The van der Waals surface area contributed by atoms with E-state index < -0.39 is 0 Å². The van der Waals surface area contributed by atoms with Gasteiger partial charge >= 0.3 is 21.1 Å². The number of para-hydroxylation sites is 2. The second-order valence-electron chi connectivity index (χ2n) is 21.6. The Morgan fingerprint density at radius 3 is 1.74 bits per heavy atom. The maximum Gasteiger partial charge on any atom is 2.00 e. The molecule has 0 spiro atoms. The number of hydrogen-bond donors (Lipinski definition) is 0. The van der Waals surface area contributed by atoms with Crippen LogP contribution in [0.4, 0.5) is 0 Å². The van der Waals surface area contributed by atoms with E-state index in [2.05, 4.69) is 228 Å². The van der Waals surface area contributed by atoms with Crippen LogP contribution in [0.5, 0.6) is 11.5 Å². The van der Waals surface area contributed by atoms with E-state index in [0.29, 0.717) is 23.3 Å². The van der Waals surface area contributed by atoms with Gasteiger partial charge in [-0.15, -0.1) is 29.8 Å². The molecule has 0 aliphatic carbocycles. The van der Waals surface area contributed by atoms with Crippen LogP contribution in [0.3, 0.4) is 0 Å². The molecule has 0 radical (unpaired) electrons. The molecule has 6 nitrogen and oxygen atoms in total. The van der Waals surface area contributed by atoms with Crippen molar-refractivity contribution in [1.29, 1.82) is 0 Å². The number of hydrogen-bond acceptors (Lipinski definition) is 4. The summed E-state index contributed by atoms with van der Waals surface area (Å²) < 4.78 is 17.5. The van der Waals surface area contributed by atoms with E-state index in [1.54, 1.807) is 6.26 Å². The summed E-state index contributed by atoms with van der Waals surface area (Å²) >= 11 is 0. The zero-order valence-electron chi connectivity index (χ0n) is 44.6. The molecule has 77 heavy (non-hydrogen) atoms. The smallest absolute Gasteiger partial charge is 0.497 e. The van der Waals surface area contributed by atoms with Gasteiger partial charge in [0.15, 0.2) is 0 Å². The molecule has 0 atom stereocenters. The first-order valence-electron chi connectivity index (χ1n) is 26.7. The van der Waals surface area contributed by atoms with E-state index in [1.165, 1.54) is 61.3 Å². The number of ether oxygens (including phenoxy) is 1. The second-order valence-corrected chi connectivity index (χ2v) is 21.6. The predicted molar refractivity (Wildman–Crippen MR) is 314 cm³/mol. The first-order valence-corrected chi connectivity index (χ1v) is 26.7. The molecule has 0 unspecified atom stereocenters. The summed E-state index contributed by atoms with van der Waals surface area (Å²) in [4.78, 5) is 10.7. The van der Waals surface area contributed by atoms with Crippen molar-refractivity contribution in [3.05, 3.63) is 217 Å². The number of furan rings is 1. The zero-order chi connectivity index (χ0) is 51.9. The van der Waals surface area contributed by atoms with Gasteiger partial charge in [0.1, 0.15) is 5.58 Å². The van der Waals surface area contributed by atoms with Crippen LogP contribution in [0.1, 0.15) is 101 Å². The quantitative estimate of drug-likeness (QED) is 0.0956. The third-order valence-electron chi connectivity index (χ3n) is 15.3. The first kappa shape index (κ1) is 49.8. The van der Waals surface area contributed by atoms with Crippen molar-refractivity contribution in [2.75, 3.05) is 0 Å². The fourth-order valence-electron chi connectivity index (χ4n) is 11.5. The van der Waals surface area contributed by atoms with Gasteiger partial charge in [-0.2, -0.15) is 0 Å². The van der Waals surface area contributed by atoms with Gasteiger partial charge in [-0.3, -0.25) is 9.97 Å². The van der Waals surface area contributed by atoms with Crippen LogP contribution < -0.4 is 4.74 Å². The third-order valence-corrected chi connectivity index (χ3v) is 15.3. The normalized spacial score (nSPS) is 12.0. The molecule has 380 valence electrons. The second kappa shape index (κ2) is 19.8. The maximum atomic E-state index is 6.83. The molecule has 0 aliphatic rings. The number of fused-ring (bicyclic) bond motifs is 10. The summed E-state index contributed by atoms with van der Waals surface area (Å²) in [7, 11) is 0. The van der Waals surface area contributed by atoms with Gasteiger partial charge in [0.25, 0.3) is 0 Å². The molecule has 0 fully saturated rings. The van der Waals surface area contributed by atoms with Gasteiger partial charge in [0.2, 0.25) is 0 Å². The van der Waals surface area contributed by atoms with Gasteiger partial charge in [0.05, 0.1) is 39.8 Å². The minimum Gasteiger partial charge on any atom is -0.497 e. The topological polar surface area (TPSA) is 57.5 Å². The average molecular weight is 1180 g/mol. The minimum atomic E-state index is 0.